The number of carbonyl (C=O) groups excluding carboxylic acids is 2. The molecule has 4 aromatic rings. The van der Waals surface area contributed by atoms with E-state index < -0.39 is 23.8 Å². The first-order chi connectivity index (χ1) is 15.3. The highest BCUT2D eigenvalue weighted by molar-refractivity contribution is 9.10. The van der Waals surface area contributed by atoms with Gasteiger partial charge < -0.3 is 14.6 Å². The smallest absolute Gasteiger partial charge is 0.326 e. The maximum absolute atomic E-state index is 14.0. The van der Waals surface area contributed by atoms with Gasteiger partial charge in [0.05, 0.1) is 16.7 Å². The van der Waals surface area contributed by atoms with E-state index in [0.717, 1.165) is 0 Å². The largest absolute Gasteiger partial charge is 0.451 e. The topological polar surface area (TPSA) is 77.4 Å². The van der Waals surface area contributed by atoms with Crippen LogP contribution in [0.5, 0.6) is 0 Å². The third kappa shape index (κ3) is 4.27. The highest BCUT2D eigenvalue weighted by atomic mass is 79.9. The molecule has 0 spiro atoms. The van der Waals surface area contributed by atoms with Gasteiger partial charge in [-0.3, -0.25) is 14.4 Å². The van der Waals surface area contributed by atoms with Crippen LogP contribution in [-0.2, 0) is 20.9 Å². The molecule has 0 aliphatic rings. The van der Waals surface area contributed by atoms with Crippen molar-refractivity contribution >= 4 is 55.3 Å². The van der Waals surface area contributed by atoms with Gasteiger partial charge in [0.25, 0.3) is 5.91 Å². The highest BCUT2D eigenvalue weighted by Crippen LogP contribution is 2.21. The summed E-state index contributed by atoms with van der Waals surface area (Å²) < 4.78 is 21.5. The molecule has 6 nitrogen and oxygen atoms in total. The zero-order valence-corrected chi connectivity index (χ0v) is 18.6. The van der Waals surface area contributed by atoms with Crippen LogP contribution in [0.25, 0.3) is 21.8 Å². The fourth-order valence-electron chi connectivity index (χ4n) is 3.49. The molecule has 0 saturated heterocycles. The number of pyridine rings is 1. The molecule has 162 valence electrons. The maximum Gasteiger partial charge on any atom is 0.326 e. The molecular weight excluding hydrogens is 479 g/mol. The van der Waals surface area contributed by atoms with E-state index in [0.29, 0.717) is 26.3 Å². The van der Waals surface area contributed by atoms with Crippen molar-refractivity contribution in [2.24, 2.45) is 0 Å². The quantitative estimate of drug-likeness (QED) is 0.322. The van der Waals surface area contributed by atoms with E-state index in [1.54, 1.807) is 59.2 Å². The molecule has 0 fully saturated rings. The van der Waals surface area contributed by atoms with Crippen molar-refractivity contribution in [2.45, 2.75) is 19.6 Å². The number of rotatable bonds is 5. The summed E-state index contributed by atoms with van der Waals surface area (Å²) in [6, 6.07) is 18.2. The number of amides is 1. The minimum Gasteiger partial charge on any atom is -0.451 e. The number of hydrogen-bond acceptors (Lipinski definition) is 4. The zero-order valence-electron chi connectivity index (χ0n) is 17.0. The van der Waals surface area contributed by atoms with Crippen LogP contribution in [0.2, 0.25) is 0 Å². The van der Waals surface area contributed by atoms with Gasteiger partial charge in [-0.1, -0.05) is 40.2 Å². The first-order valence-electron chi connectivity index (χ1n) is 9.81. The number of carbonyl (C=O) groups is 2. The molecule has 1 aromatic heterocycles. The minimum atomic E-state index is -1.15. The molecular formula is C24H18BrFN2O4. The SMILES string of the molecule is CC(OC(=O)Cn1c2ccccc2c(=O)c2ccccc21)C(=O)Nc1ccc(Br)cc1F. The summed E-state index contributed by atoms with van der Waals surface area (Å²) in [5.74, 6) is -1.94. The Morgan fingerprint density at radius 1 is 1.03 bits per heavy atom. The van der Waals surface area contributed by atoms with Crippen molar-refractivity contribution in [3.8, 4) is 0 Å². The number of nitrogens with one attached hydrogen (secondary N) is 1. The van der Waals surface area contributed by atoms with E-state index in [-0.39, 0.29) is 17.7 Å². The Bertz CT molecular complexity index is 1360. The Hall–Kier alpha value is -3.52. The summed E-state index contributed by atoms with van der Waals surface area (Å²) >= 11 is 3.15. The lowest BCUT2D eigenvalue weighted by atomic mass is 10.1. The Balaban J connectivity index is 1.57. The van der Waals surface area contributed by atoms with Crippen LogP contribution in [0, 0.1) is 5.82 Å². The standard InChI is InChI=1S/C24H18BrFN2O4/c1-14(24(31)27-19-11-10-15(25)12-18(19)26)32-22(29)13-28-20-8-4-2-6-16(20)23(30)17-7-3-5-9-21(17)28/h2-12,14H,13H2,1H3,(H,27,31). The summed E-state index contributed by atoms with van der Waals surface area (Å²) in [5.41, 5.74) is 1.04. The summed E-state index contributed by atoms with van der Waals surface area (Å²) in [7, 11) is 0. The molecule has 1 atom stereocenters. The van der Waals surface area contributed by atoms with E-state index in [9.17, 15) is 18.8 Å². The third-order valence-corrected chi connectivity index (χ3v) is 5.53. The van der Waals surface area contributed by atoms with Gasteiger partial charge in [0, 0.05) is 15.2 Å². The van der Waals surface area contributed by atoms with Crippen LogP contribution in [-0.4, -0.2) is 22.5 Å². The number of aromatic nitrogens is 1. The van der Waals surface area contributed by atoms with Crippen molar-refractivity contribution in [3.05, 3.63) is 87.2 Å². The number of anilines is 1. The first kappa shape index (κ1) is 21.7. The van der Waals surface area contributed by atoms with Crippen molar-refractivity contribution in [3.63, 3.8) is 0 Å². The van der Waals surface area contributed by atoms with Gasteiger partial charge in [0.1, 0.15) is 12.4 Å². The number of ether oxygens (including phenoxy) is 1. The number of fused-ring (bicyclic) bond motifs is 2. The second-order valence-electron chi connectivity index (χ2n) is 7.20. The van der Waals surface area contributed by atoms with E-state index in [1.807, 2.05) is 0 Å². The Labute approximate surface area is 190 Å². The van der Waals surface area contributed by atoms with Crippen LogP contribution in [0.1, 0.15) is 6.92 Å². The number of hydrogen-bond donors (Lipinski definition) is 1. The molecule has 1 heterocycles. The van der Waals surface area contributed by atoms with Crippen LogP contribution < -0.4 is 10.7 Å². The van der Waals surface area contributed by atoms with Crippen LogP contribution in [0.15, 0.2) is 76.0 Å². The Morgan fingerprint density at radius 3 is 2.22 bits per heavy atom. The fraction of sp³-hybridized carbons (Fsp3) is 0.125. The van der Waals surface area contributed by atoms with Gasteiger partial charge in [-0.25, -0.2) is 4.39 Å². The van der Waals surface area contributed by atoms with Crippen LogP contribution in [0.4, 0.5) is 10.1 Å². The maximum atomic E-state index is 14.0. The van der Waals surface area contributed by atoms with Gasteiger partial charge in [-0.05, 0) is 49.4 Å². The molecule has 0 saturated carbocycles. The zero-order chi connectivity index (χ0) is 22.8. The van der Waals surface area contributed by atoms with Crippen LogP contribution >= 0.6 is 15.9 Å². The average molecular weight is 497 g/mol. The molecule has 1 N–H and O–H groups in total. The molecule has 0 bridgehead atoms. The Morgan fingerprint density at radius 2 is 1.62 bits per heavy atom. The summed E-state index contributed by atoms with van der Waals surface area (Å²) in [5, 5.41) is 3.38. The number of halogens is 2. The summed E-state index contributed by atoms with van der Waals surface area (Å²) in [4.78, 5) is 37.9. The number of benzene rings is 3. The second kappa shape index (κ2) is 8.92. The highest BCUT2D eigenvalue weighted by Gasteiger charge is 2.21. The Kier molecular flexibility index (Phi) is 6.05. The third-order valence-electron chi connectivity index (χ3n) is 5.03. The molecule has 1 amide bonds. The second-order valence-corrected chi connectivity index (χ2v) is 8.11. The van der Waals surface area contributed by atoms with Gasteiger partial charge in [0.2, 0.25) is 0 Å². The van der Waals surface area contributed by atoms with Crippen LogP contribution in [0.3, 0.4) is 0 Å². The molecule has 4 rings (SSSR count). The van der Waals surface area contributed by atoms with Crippen molar-refractivity contribution in [2.75, 3.05) is 5.32 Å². The van der Waals surface area contributed by atoms with Gasteiger partial charge in [-0.2, -0.15) is 0 Å². The van der Waals surface area contributed by atoms with Crippen molar-refractivity contribution in [1.29, 1.82) is 0 Å². The normalized spacial score (nSPS) is 12.0. The van der Waals surface area contributed by atoms with E-state index >= 15 is 0 Å². The van der Waals surface area contributed by atoms with Crippen molar-refractivity contribution < 1.29 is 18.7 Å². The first-order valence-corrected chi connectivity index (χ1v) is 10.6. The number of esters is 1. The van der Waals surface area contributed by atoms with Gasteiger partial charge >= 0.3 is 5.97 Å². The number of nitrogens with zero attached hydrogens (tertiary/aromatic N) is 1. The predicted molar refractivity (Wildman–Crippen MR) is 124 cm³/mol. The van der Waals surface area contributed by atoms with E-state index in [1.165, 1.54) is 19.1 Å². The molecule has 3 aromatic carbocycles. The molecule has 32 heavy (non-hydrogen) atoms. The monoisotopic (exact) mass is 496 g/mol. The molecule has 0 radical (unpaired) electrons. The lowest BCUT2D eigenvalue weighted by Gasteiger charge is -2.17. The minimum absolute atomic E-state index is 0.0153. The molecule has 1 unspecified atom stereocenters. The number of para-hydroxylation sites is 2. The summed E-state index contributed by atoms with van der Waals surface area (Å²) in [6.07, 6.45) is -1.15. The lowest BCUT2D eigenvalue weighted by molar-refractivity contribution is -0.153. The van der Waals surface area contributed by atoms with E-state index in [2.05, 4.69) is 21.2 Å². The molecule has 8 heteroatoms. The van der Waals surface area contributed by atoms with Crippen molar-refractivity contribution in [1.82, 2.24) is 4.57 Å². The molecule has 0 aliphatic carbocycles. The summed E-state index contributed by atoms with van der Waals surface area (Å²) in [6.45, 7) is 1.21. The van der Waals surface area contributed by atoms with Gasteiger partial charge in [-0.15, -0.1) is 0 Å². The predicted octanol–water partition coefficient (Wildman–Crippen LogP) is 4.63. The van der Waals surface area contributed by atoms with E-state index in [4.69, 9.17) is 4.74 Å². The fourth-order valence-corrected chi connectivity index (χ4v) is 3.82. The van der Waals surface area contributed by atoms with Gasteiger partial charge in [0.15, 0.2) is 11.5 Å². The molecule has 0 aliphatic heterocycles. The lowest BCUT2D eigenvalue weighted by Crippen LogP contribution is -2.31. The average Bonchev–Trinajstić information content (AvgIpc) is 2.78.